The number of halogens is 2. The van der Waals surface area contributed by atoms with Gasteiger partial charge in [0, 0.05) is 31.5 Å². The van der Waals surface area contributed by atoms with Crippen LogP contribution in [0.1, 0.15) is 18.4 Å². The lowest BCUT2D eigenvalue weighted by atomic mass is 9.77. The number of hydrogen-bond acceptors (Lipinski definition) is 2. The zero-order valence-corrected chi connectivity index (χ0v) is 10.6. The van der Waals surface area contributed by atoms with E-state index in [0.717, 1.165) is 43.1 Å². The minimum atomic E-state index is 0.144. The van der Waals surface area contributed by atoms with Crippen molar-refractivity contribution in [2.75, 3.05) is 19.1 Å². The summed E-state index contributed by atoms with van der Waals surface area (Å²) in [5.74, 6) is 0.662. The molecule has 2 nitrogen and oxygen atoms in total. The first-order chi connectivity index (χ1) is 7.76. The van der Waals surface area contributed by atoms with E-state index >= 15 is 0 Å². The maximum Gasteiger partial charge on any atom is 0.0621 e. The van der Waals surface area contributed by atoms with E-state index in [1.165, 1.54) is 0 Å². The molecule has 2 rings (SSSR count). The first-order valence-electron chi connectivity index (χ1n) is 5.48. The van der Waals surface area contributed by atoms with Gasteiger partial charge >= 0.3 is 0 Å². The van der Waals surface area contributed by atoms with Gasteiger partial charge in [-0.25, -0.2) is 0 Å². The van der Waals surface area contributed by atoms with Gasteiger partial charge in [0.15, 0.2) is 0 Å². The molecule has 0 aromatic carbocycles. The van der Waals surface area contributed by atoms with Crippen LogP contribution in [-0.4, -0.2) is 24.1 Å². The first-order valence-corrected chi connectivity index (χ1v) is 6.39. The second kappa shape index (κ2) is 5.35. The molecule has 0 unspecified atom stereocenters. The highest BCUT2D eigenvalue weighted by molar-refractivity contribution is 6.31. The molecule has 88 valence electrons. The maximum atomic E-state index is 6.13. The fourth-order valence-electron chi connectivity index (χ4n) is 2.11. The molecule has 0 bridgehead atoms. The van der Waals surface area contributed by atoms with Crippen molar-refractivity contribution < 1.29 is 4.74 Å². The molecule has 0 radical (unpaired) electrons. The van der Waals surface area contributed by atoms with Gasteiger partial charge in [-0.3, -0.25) is 4.98 Å². The third-order valence-electron chi connectivity index (χ3n) is 3.26. The monoisotopic (exact) mass is 259 g/mol. The van der Waals surface area contributed by atoms with E-state index in [-0.39, 0.29) is 5.41 Å². The van der Waals surface area contributed by atoms with Crippen molar-refractivity contribution in [3.05, 3.63) is 29.0 Å². The van der Waals surface area contributed by atoms with Crippen LogP contribution in [0.3, 0.4) is 0 Å². The van der Waals surface area contributed by atoms with Gasteiger partial charge in [-0.15, -0.1) is 11.6 Å². The van der Waals surface area contributed by atoms with Gasteiger partial charge in [0.2, 0.25) is 0 Å². The topological polar surface area (TPSA) is 22.1 Å². The Balaban J connectivity index is 2.15. The van der Waals surface area contributed by atoms with E-state index < -0.39 is 0 Å². The van der Waals surface area contributed by atoms with E-state index in [1.54, 1.807) is 12.4 Å². The third-order valence-corrected chi connectivity index (χ3v) is 4.17. The van der Waals surface area contributed by atoms with Crippen molar-refractivity contribution in [2.24, 2.45) is 5.41 Å². The van der Waals surface area contributed by atoms with Crippen molar-refractivity contribution >= 4 is 23.2 Å². The second-order valence-corrected chi connectivity index (χ2v) is 5.06. The summed E-state index contributed by atoms with van der Waals surface area (Å²) in [6, 6.07) is 1.98. The van der Waals surface area contributed by atoms with Gasteiger partial charge in [0.05, 0.1) is 5.02 Å². The summed E-state index contributed by atoms with van der Waals surface area (Å²) in [4.78, 5) is 4.00. The molecule has 0 N–H and O–H groups in total. The molecule has 0 aliphatic carbocycles. The number of alkyl halides is 1. The Kier molecular flexibility index (Phi) is 4.06. The van der Waals surface area contributed by atoms with Gasteiger partial charge in [0.25, 0.3) is 0 Å². The third kappa shape index (κ3) is 2.68. The lowest BCUT2D eigenvalue weighted by molar-refractivity contribution is 0.0258. The van der Waals surface area contributed by atoms with Crippen LogP contribution in [0.2, 0.25) is 5.02 Å². The average molecular weight is 260 g/mol. The van der Waals surface area contributed by atoms with Gasteiger partial charge in [-0.05, 0) is 36.3 Å². The Morgan fingerprint density at radius 3 is 2.75 bits per heavy atom. The first kappa shape index (κ1) is 12.2. The second-order valence-electron chi connectivity index (χ2n) is 4.39. The number of ether oxygens (including phenoxy) is 1. The predicted molar refractivity (Wildman–Crippen MR) is 66.2 cm³/mol. The molecule has 1 aliphatic rings. The number of pyridine rings is 1. The smallest absolute Gasteiger partial charge is 0.0621 e. The average Bonchev–Trinajstić information content (AvgIpc) is 2.33. The molecule has 4 heteroatoms. The normalized spacial score (nSPS) is 19.6. The molecule has 0 atom stereocenters. The van der Waals surface area contributed by atoms with Crippen LogP contribution in [0.25, 0.3) is 0 Å². The standard InChI is InChI=1S/C12H15Cl2NO/c13-9-12(2-5-16-6-3-12)7-10-1-4-15-8-11(10)14/h1,4,8H,2-3,5-7,9H2. The van der Waals surface area contributed by atoms with Crippen molar-refractivity contribution in [1.82, 2.24) is 4.98 Å². The number of aromatic nitrogens is 1. The van der Waals surface area contributed by atoms with Crippen molar-refractivity contribution in [3.63, 3.8) is 0 Å². The highest BCUT2D eigenvalue weighted by Gasteiger charge is 2.32. The van der Waals surface area contributed by atoms with Gasteiger partial charge in [-0.2, -0.15) is 0 Å². The molecule has 0 amide bonds. The summed E-state index contributed by atoms with van der Waals surface area (Å²) in [5.41, 5.74) is 1.28. The number of nitrogens with zero attached hydrogens (tertiary/aromatic N) is 1. The Hall–Kier alpha value is -0.310. The zero-order valence-electron chi connectivity index (χ0n) is 9.09. The van der Waals surface area contributed by atoms with E-state index in [2.05, 4.69) is 4.98 Å². The Morgan fingerprint density at radius 2 is 2.12 bits per heavy atom. The van der Waals surface area contributed by atoms with Gasteiger partial charge in [0.1, 0.15) is 0 Å². The molecule has 1 fully saturated rings. The van der Waals surface area contributed by atoms with Crippen molar-refractivity contribution in [2.45, 2.75) is 19.3 Å². The molecular weight excluding hydrogens is 245 g/mol. The summed E-state index contributed by atoms with van der Waals surface area (Å²) in [6.07, 6.45) is 6.41. The molecule has 0 saturated carbocycles. The van der Waals surface area contributed by atoms with Crippen LogP contribution in [0.5, 0.6) is 0 Å². The summed E-state index contributed by atoms with van der Waals surface area (Å²) in [5, 5.41) is 0.735. The van der Waals surface area contributed by atoms with Crippen molar-refractivity contribution in [3.8, 4) is 0 Å². The van der Waals surface area contributed by atoms with E-state index in [0.29, 0.717) is 5.88 Å². The molecule has 16 heavy (non-hydrogen) atoms. The lowest BCUT2D eigenvalue weighted by Crippen LogP contribution is -2.33. The van der Waals surface area contributed by atoms with Crippen LogP contribution in [0, 0.1) is 5.41 Å². The Labute approximate surface area is 106 Å². The van der Waals surface area contributed by atoms with Crippen LogP contribution < -0.4 is 0 Å². The maximum absolute atomic E-state index is 6.13. The van der Waals surface area contributed by atoms with Crippen LogP contribution in [-0.2, 0) is 11.2 Å². The fraction of sp³-hybridized carbons (Fsp3) is 0.583. The largest absolute Gasteiger partial charge is 0.381 e. The zero-order chi connectivity index (χ0) is 11.4. The fourth-order valence-corrected chi connectivity index (χ4v) is 2.66. The number of rotatable bonds is 3. The predicted octanol–water partition coefficient (Wildman–Crippen LogP) is 3.31. The number of hydrogen-bond donors (Lipinski definition) is 0. The molecule has 1 aromatic rings. The molecule has 0 spiro atoms. The summed E-state index contributed by atoms with van der Waals surface area (Å²) < 4.78 is 5.39. The van der Waals surface area contributed by atoms with Gasteiger partial charge in [-0.1, -0.05) is 11.6 Å². The van der Waals surface area contributed by atoms with E-state index in [4.69, 9.17) is 27.9 Å². The van der Waals surface area contributed by atoms with Crippen molar-refractivity contribution in [1.29, 1.82) is 0 Å². The molecular formula is C12H15Cl2NO. The summed E-state index contributed by atoms with van der Waals surface area (Å²) >= 11 is 12.3. The van der Waals surface area contributed by atoms with E-state index in [1.807, 2.05) is 6.07 Å². The van der Waals surface area contributed by atoms with Crippen LogP contribution >= 0.6 is 23.2 Å². The molecule has 1 aliphatic heterocycles. The highest BCUT2D eigenvalue weighted by Crippen LogP contribution is 2.36. The highest BCUT2D eigenvalue weighted by atomic mass is 35.5. The minimum Gasteiger partial charge on any atom is -0.381 e. The Morgan fingerprint density at radius 1 is 1.38 bits per heavy atom. The molecule has 2 heterocycles. The lowest BCUT2D eigenvalue weighted by Gasteiger charge is -2.35. The Bertz CT molecular complexity index is 351. The van der Waals surface area contributed by atoms with Crippen LogP contribution in [0.15, 0.2) is 18.5 Å². The summed E-state index contributed by atoms with van der Waals surface area (Å²) in [7, 11) is 0. The quantitative estimate of drug-likeness (QED) is 0.778. The van der Waals surface area contributed by atoms with Crippen LogP contribution in [0.4, 0.5) is 0 Å². The SMILES string of the molecule is ClCC1(Cc2ccncc2Cl)CCOCC1. The molecule has 1 aromatic heterocycles. The summed E-state index contributed by atoms with van der Waals surface area (Å²) in [6.45, 7) is 1.60. The molecule has 1 saturated heterocycles. The minimum absolute atomic E-state index is 0.144. The van der Waals surface area contributed by atoms with E-state index in [9.17, 15) is 0 Å². The van der Waals surface area contributed by atoms with Gasteiger partial charge < -0.3 is 4.74 Å².